The summed E-state index contributed by atoms with van der Waals surface area (Å²) in [5, 5.41) is 5.37. The molecule has 26 heavy (non-hydrogen) atoms. The Hall–Kier alpha value is -2.60. The van der Waals surface area contributed by atoms with E-state index in [1.54, 1.807) is 6.26 Å². The molecule has 0 radical (unpaired) electrons. The van der Waals surface area contributed by atoms with Gasteiger partial charge in [0.25, 0.3) is 0 Å². The molecular formula is C20H26N3O3+. The van der Waals surface area contributed by atoms with Crippen molar-refractivity contribution in [1.82, 2.24) is 10.6 Å². The lowest BCUT2D eigenvalue weighted by atomic mass is 9.98. The van der Waals surface area contributed by atoms with Crippen LogP contribution in [0.3, 0.4) is 0 Å². The summed E-state index contributed by atoms with van der Waals surface area (Å²) in [5.41, 5.74) is 2.72. The largest absolute Gasteiger partial charge is 0.463 e. The number of benzene rings is 1. The van der Waals surface area contributed by atoms with Crippen molar-refractivity contribution < 1.29 is 18.9 Å². The first kappa shape index (κ1) is 18.2. The minimum Gasteiger partial charge on any atom is -0.463 e. The highest BCUT2D eigenvalue weighted by Gasteiger charge is 2.31. The fraction of sp³-hybridized carbons (Fsp3) is 0.400. The van der Waals surface area contributed by atoms with Crippen LogP contribution < -0.4 is 15.5 Å². The molecule has 1 aromatic heterocycles. The SMILES string of the molecule is CCCNC(=O)C(=O)NC[C@@H](c1ccco1)[NH+]1CCc2ccccc2C1. The fourth-order valence-electron chi connectivity index (χ4n) is 3.43. The third kappa shape index (κ3) is 4.32. The molecule has 1 aliphatic rings. The van der Waals surface area contributed by atoms with Crippen molar-refractivity contribution in [3.8, 4) is 0 Å². The molecular weight excluding hydrogens is 330 g/mol. The predicted octanol–water partition coefficient (Wildman–Crippen LogP) is 0.604. The lowest BCUT2D eigenvalue weighted by Crippen LogP contribution is -3.12. The summed E-state index contributed by atoms with van der Waals surface area (Å²) >= 11 is 0. The standard InChI is InChI=1S/C20H25N3O3/c1-2-10-21-19(24)20(25)22-13-17(18-8-5-12-26-18)23-11-9-15-6-3-4-7-16(15)14-23/h3-8,12,17H,2,9-11,13-14H2,1H3,(H,21,24)(H,22,25)/p+1/t17-/m0/s1. The summed E-state index contributed by atoms with van der Waals surface area (Å²) in [7, 11) is 0. The molecule has 0 saturated heterocycles. The average molecular weight is 356 g/mol. The van der Waals surface area contributed by atoms with Crippen LogP contribution >= 0.6 is 0 Å². The van der Waals surface area contributed by atoms with Crippen molar-refractivity contribution in [2.24, 2.45) is 0 Å². The van der Waals surface area contributed by atoms with Crippen LogP contribution in [0.2, 0.25) is 0 Å². The van der Waals surface area contributed by atoms with Crippen LogP contribution in [0.4, 0.5) is 0 Å². The Labute approximate surface area is 153 Å². The van der Waals surface area contributed by atoms with E-state index in [9.17, 15) is 9.59 Å². The lowest BCUT2D eigenvalue weighted by molar-refractivity contribution is -0.946. The molecule has 2 aromatic rings. The van der Waals surface area contributed by atoms with Crippen molar-refractivity contribution in [3.05, 3.63) is 59.5 Å². The van der Waals surface area contributed by atoms with Gasteiger partial charge in [0, 0.05) is 18.5 Å². The Morgan fingerprint density at radius 1 is 1.12 bits per heavy atom. The molecule has 3 N–H and O–H groups in total. The Balaban J connectivity index is 1.67. The van der Waals surface area contributed by atoms with E-state index in [0.29, 0.717) is 13.1 Å². The smallest absolute Gasteiger partial charge is 0.309 e. The van der Waals surface area contributed by atoms with Gasteiger partial charge < -0.3 is 20.0 Å². The highest BCUT2D eigenvalue weighted by Crippen LogP contribution is 2.15. The van der Waals surface area contributed by atoms with E-state index in [1.165, 1.54) is 16.0 Å². The van der Waals surface area contributed by atoms with Crippen LogP contribution in [0.15, 0.2) is 47.1 Å². The first-order valence-corrected chi connectivity index (χ1v) is 9.19. The summed E-state index contributed by atoms with van der Waals surface area (Å²) in [5.74, 6) is -0.343. The van der Waals surface area contributed by atoms with Crippen molar-refractivity contribution >= 4 is 11.8 Å². The molecule has 6 nitrogen and oxygen atoms in total. The first-order valence-electron chi connectivity index (χ1n) is 9.19. The zero-order valence-electron chi connectivity index (χ0n) is 15.1. The number of rotatable bonds is 6. The Morgan fingerprint density at radius 2 is 1.88 bits per heavy atom. The zero-order valence-corrected chi connectivity index (χ0v) is 15.1. The maximum Gasteiger partial charge on any atom is 0.309 e. The Morgan fingerprint density at radius 3 is 2.62 bits per heavy atom. The molecule has 3 rings (SSSR count). The molecule has 2 amide bonds. The van der Waals surface area contributed by atoms with E-state index in [2.05, 4.69) is 34.9 Å². The molecule has 138 valence electrons. The minimum atomic E-state index is -0.591. The second kappa shape index (κ2) is 8.67. The normalized spacial score (nSPS) is 17.2. The zero-order chi connectivity index (χ0) is 18.4. The molecule has 0 aliphatic carbocycles. The summed E-state index contributed by atoms with van der Waals surface area (Å²) < 4.78 is 5.62. The number of carbonyl (C=O) groups is 2. The number of hydrogen-bond donors (Lipinski definition) is 3. The van der Waals surface area contributed by atoms with Gasteiger partial charge in [0.2, 0.25) is 0 Å². The maximum absolute atomic E-state index is 12.0. The van der Waals surface area contributed by atoms with Crippen LogP contribution in [-0.2, 0) is 22.6 Å². The van der Waals surface area contributed by atoms with E-state index >= 15 is 0 Å². The molecule has 0 saturated carbocycles. The topological polar surface area (TPSA) is 75.8 Å². The molecule has 1 aromatic carbocycles. The summed E-state index contributed by atoms with van der Waals surface area (Å²) in [4.78, 5) is 25.2. The van der Waals surface area contributed by atoms with Gasteiger partial charge in [0.05, 0.1) is 19.4 Å². The first-order chi connectivity index (χ1) is 12.7. The number of quaternary nitrogens is 1. The molecule has 2 heterocycles. The van der Waals surface area contributed by atoms with Crippen LogP contribution in [0, 0.1) is 0 Å². The highest BCUT2D eigenvalue weighted by atomic mass is 16.3. The van der Waals surface area contributed by atoms with Crippen LogP contribution in [0.5, 0.6) is 0 Å². The summed E-state index contributed by atoms with van der Waals surface area (Å²) in [6.45, 7) is 4.65. The molecule has 6 heteroatoms. The number of hydrogen-bond acceptors (Lipinski definition) is 3. The highest BCUT2D eigenvalue weighted by molar-refractivity contribution is 6.35. The van der Waals surface area contributed by atoms with E-state index in [0.717, 1.165) is 31.7 Å². The van der Waals surface area contributed by atoms with Gasteiger partial charge in [-0.05, 0) is 24.1 Å². The number of fused-ring (bicyclic) bond motifs is 1. The van der Waals surface area contributed by atoms with Crippen molar-refractivity contribution in [3.63, 3.8) is 0 Å². The van der Waals surface area contributed by atoms with Crippen molar-refractivity contribution in [2.75, 3.05) is 19.6 Å². The molecule has 1 aliphatic heterocycles. The second-order valence-electron chi connectivity index (χ2n) is 6.64. The van der Waals surface area contributed by atoms with Crippen molar-refractivity contribution in [2.45, 2.75) is 32.4 Å². The Kier molecular flexibility index (Phi) is 6.07. The van der Waals surface area contributed by atoms with Gasteiger partial charge in [-0.15, -0.1) is 0 Å². The van der Waals surface area contributed by atoms with E-state index < -0.39 is 11.8 Å². The van der Waals surface area contributed by atoms with Gasteiger partial charge in [-0.3, -0.25) is 9.59 Å². The molecule has 2 atom stereocenters. The van der Waals surface area contributed by atoms with Gasteiger partial charge in [0.15, 0.2) is 11.8 Å². The fourth-order valence-corrected chi connectivity index (χ4v) is 3.43. The molecule has 0 bridgehead atoms. The minimum absolute atomic E-state index is 0.0266. The average Bonchev–Trinajstić information content (AvgIpc) is 3.20. The second-order valence-corrected chi connectivity index (χ2v) is 6.64. The third-order valence-electron chi connectivity index (χ3n) is 4.84. The molecule has 0 spiro atoms. The Bertz CT molecular complexity index is 743. The van der Waals surface area contributed by atoms with Crippen LogP contribution in [0.1, 0.15) is 36.3 Å². The number of furan rings is 1. The third-order valence-corrected chi connectivity index (χ3v) is 4.84. The lowest BCUT2D eigenvalue weighted by Gasteiger charge is -2.31. The summed E-state index contributed by atoms with van der Waals surface area (Å²) in [6, 6.07) is 12.2. The van der Waals surface area contributed by atoms with Crippen LogP contribution in [0.25, 0.3) is 0 Å². The molecule has 1 unspecified atom stereocenters. The number of amides is 2. The van der Waals surface area contributed by atoms with E-state index in [1.807, 2.05) is 19.1 Å². The van der Waals surface area contributed by atoms with Gasteiger partial charge in [0.1, 0.15) is 6.54 Å². The molecule has 0 fully saturated rings. The summed E-state index contributed by atoms with van der Waals surface area (Å²) in [6.07, 6.45) is 3.44. The van der Waals surface area contributed by atoms with E-state index in [-0.39, 0.29) is 6.04 Å². The van der Waals surface area contributed by atoms with Gasteiger partial charge in [-0.1, -0.05) is 31.2 Å². The monoisotopic (exact) mass is 356 g/mol. The van der Waals surface area contributed by atoms with E-state index in [4.69, 9.17) is 4.42 Å². The quantitative estimate of drug-likeness (QED) is 0.664. The maximum atomic E-state index is 12.0. The number of nitrogens with one attached hydrogen (secondary N) is 3. The van der Waals surface area contributed by atoms with Crippen molar-refractivity contribution in [1.29, 1.82) is 0 Å². The van der Waals surface area contributed by atoms with Crippen LogP contribution in [-0.4, -0.2) is 31.4 Å². The van der Waals surface area contributed by atoms with Gasteiger partial charge in [-0.2, -0.15) is 0 Å². The van der Waals surface area contributed by atoms with Gasteiger partial charge >= 0.3 is 11.8 Å². The number of carbonyl (C=O) groups excluding carboxylic acids is 2. The van der Waals surface area contributed by atoms with Gasteiger partial charge in [-0.25, -0.2) is 0 Å². The predicted molar refractivity (Wildman–Crippen MR) is 97.4 cm³/mol.